The molecule has 1 atom stereocenters. The van der Waals surface area contributed by atoms with Gasteiger partial charge < -0.3 is 10.1 Å². The van der Waals surface area contributed by atoms with Crippen LogP contribution in [0.3, 0.4) is 0 Å². The molecule has 4 rings (SSSR count). The van der Waals surface area contributed by atoms with E-state index < -0.39 is 0 Å². The van der Waals surface area contributed by atoms with Gasteiger partial charge in [0.25, 0.3) is 0 Å². The Morgan fingerprint density at radius 1 is 1.03 bits per heavy atom. The van der Waals surface area contributed by atoms with Crippen LogP contribution < -0.4 is 10.2 Å². The molecule has 1 fully saturated rings. The van der Waals surface area contributed by atoms with Crippen LogP contribution in [-0.2, 0) is 20.9 Å². The van der Waals surface area contributed by atoms with Crippen molar-refractivity contribution >= 4 is 35.0 Å². The molecule has 0 saturated carbocycles. The molecule has 1 saturated heterocycles. The van der Waals surface area contributed by atoms with Crippen molar-refractivity contribution in [1.82, 2.24) is 0 Å². The highest BCUT2D eigenvalue weighted by Gasteiger charge is 2.34. The maximum atomic E-state index is 12.7. The molecule has 32 heavy (non-hydrogen) atoms. The highest BCUT2D eigenvalue weighted by atomic mass is 32.2. The van der Waals surface area contributed by atoms with Gasteiger partial charge >= 0.3 is 0 Å². The first-order valence-corrected chi connectivity index (χ1v) is 11.6. The van der Waals surface area contributed by atoms with Crippen molar-refractivity contribution in [2.24, 2.45) is 0 Å². The maximum absolute atomic E-state index is 12.7. The van der Waals surface area contributed by atoms with Gasteiger partial charge in [0.15, 0.2) is 0 Å². The van der Waals surface area contributed by atoms with E-state index in [0.717, 1.165) is 27.9 Å². The summed E-state index contributed by atoms with van der Waals surface area (Å²) in [5, 5.41) is 2.77. The maximum Gasteiger partial charge on any atom is 0.250 e. The van der Waals surface area contributed by atoms with Crippen LogP contribution in [-0.4, -0.2) is 24.2 Å². The van der Waals surface area contributed by atoms with Crippen LogP contribution in [0, 0.1) is 13.8 Å². The first kappa shape index (κ1) is 22.1. The van der Waals surface area contributed by atoms with E-state index in [1.165, 1.54) is 0 Å². The van der Waals surface area contributed by atoms with Crippen molar-refractivity contribution in [3.63, 3.8) is 0 Å². The number of hydrogen-bond acceptors (Lipinski definition) is 4. The standard InChI is InChI=1S/C26H26N2O3S/c1-18-11-19(2)13-23(12-18)28-25(30)17-32-26(28)21-9-6-10-22(14-21)27-24(29)16-31-15-20-7-4-3-5-8-20/h3-14,26H,15-17H2,1-2H3,(H,27,29)/t26-/m0/s1. The van der Waals surface area contributed by atoms with Crippen molar-refractivity contribution in [2.45, 2.75) is 25.8 Å². The number of amides is 2. The molecule has 0 radical (unpaired) electrons. The van der Waals surface area contributed by atoms with E-state index in [2.05, 4.69) is 11.4 Å². The first-order chi connectivity index (χ1) is 15.5. The summed E-state index contributed by atoms with van der Waals surface area (Å²) < 4.78 is 5.53. The van der Waals surface area contributed by atoms with Crippen molar-refractivity contribution in [3.05, 3.63) is 95.1 Å². The summed E-state index contributed by atoms with van der Waals surface area (Å²) in [6.45, 7) is 4.44. The smallest absolute Gasteiger partial charge is 0.250 e. The SMILES string of the molecule is Cc1cc(C)cc(N2C(=O)CS[C@H]2c2cccc(NC(=O)COCc3ccccc3)c2)c1. The van der Waals surface area contributed by atoms with Crippen molar-refractivity contribution < 1.29 is 14.3 Å². The fourth-order valence-corrected chi connectivity index (χ4v) is 5.01. The van der Waals surface area contributed by atoms with Crippen molar-refractivity contribution in [2.75, 3.05) is 22.6 Å². The number of carbonyl (C=O) groups excluding carboxylic acids is 2. The summed E-state index contributed by atoms with van der Waals surface area (Å²) in [4.78, 5) is 26.9. The quantitative estimate of drug-likeness (QED) is 0.539. The van der Waals surface area contributed by atoms with Gasteiger partial charge in [0.2, 0.25) is 11.8 Å². The Bertz CT molecular complexity index is 1100. The molecule has 0 bridgehead atoms. The summed E-state index contributed by atoms with van der Waals surface area (Å²) in [5.41, 5.74) is 5.85. The van der Waals surface area contributed by atoms with Crippen LogP contribution in [0.15, 0.2) is 72.8 Å². The molecule has 1 heterocycles. The number of anilines is 2. The van der Waals surface area contributed by atoms with Gasteiger partial charge in [-0.2, -0.15) is 0 Å². The Balaban J connectivity index is 1.43. The van der Waals surface area contributed by atoms with Crippen LogP contribution >= 0.6 is 11.8 Å². The number of carbonyl (C=O) groups is 2. The largest absolute Gasteiger partial charge is 0.367 e. The third kappa shape index (κ3) is 5.39. The fraction of sp³-hybridized carbons (Fsp3) is 0.231. The first-order valence-electron chi connectivity index (χ1n) is 10.5. The van der Waals surface area contributed by atoms with Crippen LogP contribution in [0.2, 0.25) is 0 Å². The van der Waals surface area contributed by atoms with Crippen LogP contribution in [0.25, 0.3) is 0 Å². The second-order valence-electron chi connectivity index (χ2n) is 7.93. The molecule has 1 aliphatic rings. The average molecular weight is 447 g/mol. The molecule has 1 aliphatic heterocycles. The number of hydrogen-bond donors (Lipinski definition) is 1. The molecule has 0 spiro atoms. The number of ether oxygens (including phenoxy) is 1. The summed E-state index contributed by atoms with van der Waals surface area (Å²) in [6.07, 6.45) is 0. The summed E-state index contributed by atoms with van der Waals surface area (Å²) >= 11 is 1.60. The van der Waals surface area contributed by atoms with E-state index in [0.29, 0.717) is 18.0 Å². The number of nitrogens with zero attached hydrogens (tertiary/aromatic N) is 1. The highest BCUT2D eigenvalue weighted by Crippen LogP contribution is 2.42. The molecule has 164 valence electrons. The average Bonchev–Trinajstić information content (AvgIpc) is 3.15. The zero-order valence-corrected chi connectivity index (χ0v) is 19.0. The van der Waals surface area contributed by atoms with E-state index in [9.17, 15) is 9.59 Å². The number of benzene rings is 3. The molecule has 0 aromatic heterocycles. The molecular weight excluding hydrogens is 420 g/mol. The lowest BCUT2D eigenvalue weighted by Gasteiger charge is -2.25. The van der Waals surface area contributed by atoms with Crippen LogP contribution in [0.1, 0.15) is 27.6 Å². The zero-order valence-electron chi connectivity index (χ0n) is 18.2. The third-order valence-corrected chi connectivity index (χ3v) is 6.37. The van der Waals surface area contributed by atoms with Crippen molar-refractivity contribution in [3.8, 4) is 0 Å². The molecule has 0 unspecified atom stereocenters. The second kappa shape index (κ2) is 10.0. The lowest BCUT2D eigenvalue weighted by Crippen LogP contribution is -2.28. The van der Waals surface area contributed by atoms with E-state index >= 15 is 0 Å². The van der Waals surface area contributed by atoms with E-state index in [4.69, 9.17) is 4.74 Å². The van der Waals surface area contributed by atoms with Gasteiger partial charge in [-0.1, -0.05) is 48.5 Å². The number of aryl methyl sites for hydroxylation is 2. The fourth-order valence-electron chi connectivity index (χ4n) is 3.84. The minimum Gasteiger partial charge on any atom is -0.367 e. The van der Waals surface area contributed by atoms with Gasteiger partial charge in [-0.05, 0) is 60.4 Å². The van der Waals surface area contributed by atoms with Gasteiger partial charge in [0, 0.05) is 11.4 Å². The van der Waals surface area contributed by atoms with E-state index in [1.807, 2.05) is 85.5 Å². The minimum absolute atomic E-state index is 0.0233. The van der Waals surface area contributed by atoms with Crippen LogP contribution in [0.4, 0.5) is 11.4 Å². The Labute approximate surface area is 192 Å². The minimum atomic E-state index is -0.209. The Morgan fingerprint density at radius 3 is 2.53 bits per heavy atom. The Hall–Kier alpha value is -3.09. The van der Waals surface area contributed by atoms with Gasteiger partial charge in [0.1, 0.15) is 12.0 Å². The molecule has 5 nitrogen and oxygen atoms in total. The summed E-state index contributed by atoms with van der Waals surface area (Å²) in [6, 6.07) is 23.6. The number of rotatable bonds is 7. The normalized spacial score (nSPS) is 15.8. The van der Waals surface area contributed by atoms with Gasteiger partial charge in [-0.15, -0.1) is 11.8 Å². The molecule has 3 aromatic carbocycles. The lowest BCUT2D eigenvalue weighted by molar-refractivity contribution is -0.121. The summed E-state index contributed by atoms with van der Waals surface area (Å²) in [7, 11) is 0. The molecular formula is C26H26N2O3S. The highest BCUT2D eigenvalue weighted by molar-refractivity contribution is 8.00. The molecule has 0 aliphatic carbocycles. The predicted molar refractivity (Wildman–Crippen MR) is 130 cm³/mol. The molecule has 2 amide bonds. The number of nitrogens with one attached hydrogen (secondary N) is 1. The second-order valence-corrected chi connectivity index (χ2v) is 8.99. The van der Waals surface area contributed by atoms with Gasteiger partial charge in [-0.3, -0.25) is 14.5 Å². The molecule has 1 N–H and O–H groups in total. The van der Waals surface area contributed by atoms with Crippen LogP contribution in [0.5, 0.6) is 0 Å². The zero-order chi connectivity index (χ0) is 22.5. The topological polar surface area (TPSA) is 58.6 Å². The summed E-state index contributed by atoms with van der Waals surface area (Å²) in [5.74, 6) is 0.315. The Morgan fingerprint density at radius 2 is 1.78 bits per heavy atom. The monoisotopic (exact) mass is 446 g/mol. The van der Waals surface area contributed by atoms with E-state index in [-0.39, 0.29) is 23.8 Å². The van der Waals surface area contributed by atoms with E-state index in [1.54, 1.807) is 11.8 Å². The number of thioether (sulfide) groups is 1. The van der Waals surface area contributed by atoms with Gasteiger partial charge in [-0.25, -0.2) is 0 Å². The third-order valence-electron chi connectivity index (χ3n) is 5.15. The Kier molecular flexibility index (Phi) is 6.93. The van der Waals surface area contributed by atoms with Crippen molar-refractivity contribution in [1.29, 1.82) is 0 Å². The predicted octanol–water partition coefficient (Wildman–Crippen LogP) is 5.24. The van der Waals surface area contributed by atoms with Gasteiger partial charge in [0.05, 0.1) is 12.4 Å². The molecule has 3 aromatic rings. The molecule has 6 heteroatoms. The lowest BCUT2D eigenvalue weighted by atomic mass is 10.1.